The van der Waals surface area contributed by atoms with Gasteiger partial charge in [-0.1, -0.05) is 30.9 Å². The predicted octanol–water partition coefficient (Wildman–Crippen LogP) is 4.50. The number of phosphoric acid groups is 1. The average Bonchev–Trinajstić information content (AvgIpc) is 2.55. The summed E-state index contributed by atoms with van der Waals surface area (Å²) in [5.41, 5.74) is 0.503. The van der Waals surface area contributed by atoms with Crippen LogP contribution in [0.4, 0.5) is 0 Å². The van der Waals surface area contributed by atoms with E-state index in [1.165, 1.54) is 6.08 Å². The normalized spacial score (nSPS) is 11.4. The number of esters is 1. The van der Waals surface area contributed by atoms with Crippen molar-refractivity contribution in [1.29, 1.82) is 0 Å². The quantitative estimate of drug-likeness (QED) is 0.192. The number of hydrogen-bond donors (Lipinski definition) is 0. The van der Waals surface area contributed by atoms with Crippen LogP contribution in [0.25, 0.3) is 0 Å². The number of phosphoric ester groups is 1. The van der Waals surface area contributed by atoms with Crippen LogP contribution in [0.2, 0.25) is 0 Å². The van der Waals surface area contributed by atoms with Gasteiger partial charge in [0.2, 0.25) is 0 Å². The van der Waals surface area contributed by atoms with Crippen molar-refractivity contribution < 1.29 is 27.7 Å². The smallest absolute Gasteiger partial charge is 0.462 e. The summed E-state index contributed by atoms with van der Waals surface area (Å²) in [7, 11) is -3.62. The molecule has 1 rings (SSSR count). The molecule has 1 aromatic carbocycles. The zero-order valence-corrected chi connectivity index (χ0v) is 14.9. The number of ether oxygens (including phenoxy) is 1. The lowest BCUT2D eigenvalue weighted by Gasteiger charge is -2.16. The highest BCUT2D eigenvalue weighted by atomic mass is 31.2. The first kappa shape index (κ1) is 20.2. The van der Waals surface area contributed by atoms with Crippen molar-refractivity contribution in [2.45, 2.75) is 20.3 Å². The van der Waals surface area contributed by atoms with Crippen LogP contribution in [0.5, 0.6) is 0 Å². The standard InChI is InChI=1S/C17H23O6P/c1-4-21-24(19,22-5-2)23-15(3)11-9-10-14-20-17(18)16-12-7-6-8-13-16/h6-9,11-13H,3-5,10,14H2,1-2H3/b11-9+. The molecule has 0 atom stereocenters. The van der Waals surface area contributed by atoms with Crippen molar-refractivity contribution in [2.24, 2.45) is 0 Å². The zero-order valence-electron chi connectivity index (χ0n) is 14.0. The molecule has 1 aromatic rings. The Morgan fingerprint density at radius 3 is 2.38 bits per heavy atom. The molecule has 0 N–H and O–H groups in total. The van der Waals surface area contributed by atoms with Crippen LogP contribution in [-0.4, -0.2) is 25.8 Å². The molecule has 0 amide bonds. The lowest BCUT2D eigenvalue weighted by molar-refractivity contribution is 0.0511. The average molecular weight is 354 g/mol. The maximum atomic E-state index is 12.1. The summed E-state index contributed by atoms with van der Waals surface area (Å²) in [6.45, 7) is 7.62. The summed E-state index contributed by atoms with van der Waals surface area (Å²) >= 11 is 0. The Kier molecular flexibility index (Phi) is 9.08. The third-order valence-electron chi connectivity index (χ3n) is 2.63. The monoisotopic (exact) mass is 354 g/mol. The number of benzene rings is 1. The van der Waals surface area contributed by atoms with E-state index in [-0.39, 0.29) is 31.5 Å². The number of carbonyl (C=O) groups is 1. The SMILES string of the molecule is C=C(/C=C/CCOC(=O)c1ccccc1)OP(=O)(OCC)OCC. The second-order valence-electron chi connectivity index (χ2n) is 4.53. The Labute approximate surface area is 142 Å². The van der Waals surface area contributed by atoms with E-state index in [0.717, 1.165) is 0 Å². The first-order chi connectivity index (χ1) is 11.5. The molecule has 0 radical (unpaired) electrons. The van der Waals surface area contributed by atoms with E-state index in [1.807, 2.05) is 6.07 Å². The number of rotatable bonds is 11. The van der Waals surface area contributed by atoms with Crippen LogP contribution in [0.1, 0.15) is 30.6 Å². The Hall–Kier alpha value is -1.88. The van der Waals surface area contributed by atoms with Crippen LogP contribution >= 0.6 is 7.82 Å². The van der Waals surface area contributed by atoms with Gasteiger partial charge in [-0.05, 0) is 38.5 Å². The predicted molar refractivity (Wildman–Crippen MR) is 91.6 cm³/mol. The molecule has 0 bridgehead atoms. The van der Waals surface area contributed by atoms with Crippen LogP contribution in [0.3, 0.4) is 0 Å². The Bertz CT molecular complexity index is 586. The van der Waals surface area contributed by atoms with Crippen molar-refractivity contribution in [3.05, 3.63) is 60.4 Å². The summed E-state index contributed by atoms with van der Waals surface area (Å²) in [4.78, 5) is 11.7. The summed E-state index contributed by atoms with van der Waals surface area (Å²) in [5, 5.41) is 0. The van der Waals surface area contributed by atoms with Crippen LogP contribution in [0.15, 0.2) is 54.8 Å². The largest absolute Gasteiger partial charge is 0.530 e. The summed E-state index contributed by atoms with van der Waals surface area (Å²) < 4.78 is 32.4. The minimum Gasteiger partial charge on any atom is -0.462 e. The van der Waals surface area contributed by atoms with Gasteiger partial charge >= 0.3 is 13.8 Å². The fourth-order valence-corrected chi connectivity index (χ4v) is 2.83. The Morgan fingerprint density at radius 2 is 1.79 bits per heavy atom. The number of allylic oxidation sites excluding steroid dienone is 1. The van der Waals surface area contributed by atoms with Crippen molar-refractivity contribution in [2.75, 3.05) is 19.8 Å². The highest BCUT2D eigenvalue weighted by Crippen LogP contribution is 2.51. The van der Waals surface area contributed by atoms with Gasteiger partial charge in [-0.2, -0.15) is 0 Å². The van der Waals surface area contributed by atoms with E-state index >= 15 is 0 Å². The molecule has 7 heteroatoms. The second-order valence-corrected chi connectivity index (χ2v) is 6.13. The molecule has 0 heterocycles. The van der Waals surface area contributed by atoms with Crippen molar-refractivity contribution >= 4 is 13.8 Å². The zero-order chi connectivity index (χ0) is 17.8. The van der Waals surface area contributed by atoms with Crippen molar-refractivity contribution in [1.82, 2.24) is 0 Å². The molecule has 0 spiro atoms. The summed E-state index contributed by atoms with van der Waals surface area (Å²) in [5.74, 6) is -0.231. The van der Waals surface area contributed by atoms with Crippen LogP contribution in [-0.2, 0) is 22.9 Å². The first-order valence-electron chi connectivity index (χ1n) is 7.67. The van der Waals surface area contributed by atoms with Crippen LogP contribution < -0.4 is 0 Å². The van der Waals surface area contributed by atoms with Gasteiger partial charge in [0, 0.05) is 0 Å². The highest BCUT2D eigenvalue weighted by Gasteiger charge is 2.26. The van der Waals surface area contributed by atoms with Gasteiger partial charge < -0.3 is 9.26 Å². The number of hydrogen-bond acceptors (Lipinski definition) is 6. The molecule has 132 valence electrons. The maximum absolute atomic E-state index is 12.1. The fourth-order valence-electron chi connectivity index (χ4n) is 1.67. The fraction of sp³-hybridized carbons (Fsp3) is 0.353. The third-order valence-corrected chi connectivity index (χ3v) is 4.24. The molecule has 0 aliphatic rings. The molecule has 0 aromatic heterocycles. The lowest BCUT2D eigenvalue weighted by atomic mass is 10.2. The molecule has 0 aliphatic carbocycles. The van der Waals surface area contributed by atoms with Gasteiger partial charge in [0.25, 0.3) is 0 Å². The van der Waals surface area contributed by atoms with Gasteiger partial charge in [0.15, 0.2) is 0 Å². The van der Waals surface area contributed by atoms with Gasteiger partial charge in [0.1, 0.15) is 5.76 Å². The topological polar surface area (TPSA) is 71.1 Å². The Morgan fingerprint density at radius 1 is 1.17 bits per heavy atom. The first-order valence-corrected chi connectivity index (χ1v) is 9.13. The van der Waals surface area contributed by atoms with E-state index in [9.17, 15) is 9.36 Å². The number of carbonyl (C=O) groups excluding carboxylic acids is 1. The van der Waals surface area contributed by atoms with Crippen LogP contribution in [0, 0.1) is 0 Å². The van der Waals surface area contributed by atoms with E-state index in [4.69, 9.17) is 18.3 Å². The molecule has 24 heavy (non-hydrogen) atoms. The maximum Gasteiger partial charge on any atom is 0.530 e. The van der Waals surface area contributed by atoms with Gasteiger partial charge in [0.05, 0.1) is 25.4 Å². The van der Waals surface area contributed by atoms with E-state index in [0.29, 0.717) is 12.0 Å². The van der Waals surface area contributed by atoms with E-state index in [1.54, 1.807) is 44.2 Å². The molecule has 6 nitrogen and oxygen atoms in total. The molecule has 0 unspecified atom stereocenters. The molecule has 0 saturated heterocycles. The lowest BCUT2D eigenvalue weighted by Crippen LogP contribution is -2.05. The molecule has 0 fully saturated rings. The van der Waals surface area contributed by atoms with E-state index in [2.05, 4.69) is 6.58 Å². The van der Waals surface area contributed by atoms with Gasteiger partial charge in [-0.3, -0.25) is 9.05 Å². The minimum absolute atomic E-state index is 0.148. The molecule has 0 saturated carbocycles. The van der Waals surface area contributed by atoms with Gasteiger partial charge in [-0.25, -0.2) is 9.36 Å². The van der Waals surface area contributed by atoms with Crippen molar-refractivity contribution in [3.63, 3.8) is 0 Å². The summed E-state index contributed by atoms with van der Waals surface area (Å²) in [6, 6.07) is 8.74. The van der Waals surface area contributed by atoms with E-state index < -0.39 is 7.82 Å². The highest BCUT2D eigenvalue weighted by molar-refractivity contribution is 7.48. The summed E-state index contributed by atoms with van der Waals surface area (Å²) in [6.07, 6.45) is 3.69. The van der Waals surface area contributed by atoms with Crippen molar-refractivity contribution in [3.8, 4) is 0 Å². The Balaban J connectivity index is 2.35. The third kappa shape index (κ3) is 7.59. The van der Waals surface area contributed by atoms with Gasteiger partial charge in [-0.15, -0.1) is 0 Å². The minimum atomic E-state index is -3.62. The molecule has 0 aliphatic heterocycles. The second kappa shape index (κ2) is 10.8. The molecular weight excluding hydrogens is 331 g/mol. The molecular formula is C17H23O6P.